The number of piperazine rings is 1. The van der Waals surface area contributed by atoms with Gasteiger partial charge < -0.3 is 9.15 Å². The number of methoxy groups -OCH3 is 1. The van der Waals surface area contributed by atoms with Crippen LogP contribution < -0.4 is 9.46 Å². The van der Waals surface area contributed by atoms with Gasteiger partial charge in [-0.2, -0.15) is 5.10 Å². The van der Waals surface area contributed by atoms with Gasteiger partial charge in [0.1, 0.15) is 0 Å². The Hall–Kier alpha value is -3.23. The molecule has 0 bridgehead atoms. The van der Waals surface area contributed by atoms with E-state index < -0.39 is 11.3 Å². The minimum absolute atomic E-state index is 0.116. The lowest BCUT2D eigenvalue weighted by molar-refractivity contribution is 0.0979. The Balaban J connectivity index is 1.42. The Labute approximate surface area is 216 Å². The predicted octanol–water partition coefficient (Wildman–Crippen LogP) is 2.44. The first kappa shape index (κ1) is 25.4. The molecule has 1 atom stereocenters. The molecule has 1 aliphatic rings. The van der Waals surface area contributed by atoms with Crippen LogP contribution in [0.1, 0.15) is 25.3 Å². The molecular weight excluding hydrogens is 496 g/mol. The summed E-state index contributed by atoms with van der Waals surface area (Å²) < 4.78 is 34.1. The van der Waals surface area contributed by atoms with Crippen molar-refractivity contribution in [2.24, 2.45) is 0 Å². The Bertz CT molecular complexity index is 1400. The molecule has 196 valence electrons. The van der Waals surface area contributed by atoms with Crippen LogP contribution in [-0.2, 0) is 24.4 Å². The molecule has 4 aromatic rings. The van der Waals surface area contributed by atoms with Gasteiger partial charge in [-0.3, -0.25) is 19.5 Å². The lowest BCUT2D eigenvalue weighted by Gasteiger charge is -2.36. The van der Waals surface area contributed by atoms with E-state index >= 15 is 0 Å². The number of benzene rings is 1. The number of nitrogens with zero attached hydrogens (tertiary/aromatic N) is 6. The van der Waals surface area contributed by atoms with E-state index in [1.165, 1.54) is 7.11 Å². The van der Waals surface area contributed by atoms with Crippen LogP contribution in [0.3, 0.4) is 0 Å². The molecule has 37 heavy (non-hydrogen) atoms. The van der Waals surface area contributed by atoms with Crippen LogP contribution in [0.25, 0.3) is 33.5 Å². The zero-order chi connectivity index (χ0) is 25.9. The van der Waals surface area contributed by atoms with E-state index in [4.69, 9.17) is 13.7 Å². The summed E-state index contributed by atoms with van der Waals surface area (Å²) in [5.74, 6) is 1.37. The maximum absolute atomic E-state index is 11.1. The molecule has 0 saturated carbocycles. The minimum Gasteiger partial charge on any atom is -0.481 e. The van der Waals surface area contributed by atoms with Crippen molar-refractivity contribution in [2.45, 2.75) is 33.0 Å². The molecule has 0 spiro atoms. The number of fused-ring (bicyclic) bond motifs is 1. The molecule has 0 amide bonds. The van der Waals surface area contributed by atoms with E-state index in [0.29, 0.717) is 35.8 Å². The number of aromatic amines is 1. The van der Waals surface area contributed by atoms with E-state index in [-0.39, 0.29) is 6.54 Å². The van der Waals surface area contributed by atoms with Crippen molar-refractivity contribution in [2.75, 3.05) is 33.3 Å². The van der Waals surface area contributed by atoms with Crippen LogP contribution in [0.15, 0.2) is 35.0 Å². The first-order chi connectivity index (χ1) is 17.9. The first-order valence-corrected chi connectivity index (χ1v) is 13.2. The molecule has 1 aromatic carbocycles. The molecule has 1 unspecified atom stereocenters. The number of hydrogen-bond donors (Lipinski definition) is 3. The van der Waals surface area contributed by atoms with Gasteiger partial charge >= 0.3 is 0 Å². The van der Waals surface area contributed by atoms with E-state index in [2.05, 4.69) is 53.7 Å². The van der Waals surface area contributed by atoms with Gasteiger partial charge in [0.15, 0.2) is 0 Å². The largest absolute Gasteiger partial charge is 0.481 e. The number of rotatable bonds is 9. The van der Waals surface area contributed by atoms with Gasteiger partial charge in [0.05, 0.1) is 30.9 Å². The van der Waals surface area contributed by atoms with Gasteiger partial charge in [-0.05, 0) is 37.6 Å². The van der Waals surface area contributed by atoms with E-state index in [1.54, 1.807) is 12.4 Å². The Kier molecular flexibility index (Phi) is 7.58. The van der Waals surface area contributed by atoms with Crippen LogP contribution in [0.4, 0.5) is 0 Å². The minimum atomic E-state index is -2.15. The van der Waals surface area contributed by atoms with Crippen molar-refractivity contribution in [1.82, 2.24) is 39.9 Å². The molecule has 0 radical (unpaired) electrons. The third-order valence-corrected chi connectivity index (χ3v) is 6.98. The highest BCUT2D eigenvalue weighted by molar-refractivity contribution is 7.77. The number of nitrogens with one attached hydrogen (secondary N) is 2. The normalized spacial score (nSPS) is 16.0. The summed E-state index contributed by atoms with van der Waals surface area (Å²) in [6, 6.07) is 6.33. The molecule has 1 aliphatic heterocycles. The van der Waals surface area contributed by atoms with Crippen molar-refractivity contribution in [3.05, 3.63) is 42.0 Å². The Morgan fingerprint density at radius 2 is 1.97 bits per heavy atom. The smallest absolute Gasteiger partial charge is 0.248 e. The van der Waals surface area contributed by atoms with Crippen LogP contribution in [0.5, 0.6) is 5.88 Å². The highest BCUT2D eigenvalue weighted by Crippen LogP contribution is 2.34. The average Bonchev–Trinajstić information content (AvgIpc) is 3.56. The lowest BCUT2D eigenvalue weighted by Crippen LogP contribution is -2.48. The van der Waals surface area contributed by atoms with E-state index in [9.17, 15) is 4.21 Å². The molecule has 13 heteroatoms. The molecule has 3 N–H and O–H groups in total. The quantitative estimate of drug-likeness (QED) is 0.278. The molecule has 3 aromatic heterocycles. The summed E-state index contributed by atoms with van der Waals surface area (Å²) in [4.78, 5) is 9.18. The van der Waals surface area contributed by atoms with Gasteiger partial charge in [0, 0.05) is 61.5 Å². The van der Waals surface area contributed by atoms with Gasteiger partial charge in [-0.1, -0.05) is 0 Å². The van der Waals surface area contributed by atoms with Crippen molar-refractivity contribution in [3.8, 4) is 28.5 Å². The number of pyridine rings is 1. The number of H-pyrrole nitrogens is 1. The van der Waals surface area contributed by atoms with Crippen molar-refractivity contribution < 1.29 is 17.9 Å². The third kappa shape index (κ3) is 5.70. The topological polar surface area (TPSA) is 146 Å². The van der Waals surface area contributed by atoms with Crippen LogP contribution >= 0.6 is 0 Å². The first-order valence-electron chi connectivity index (χ1n) is 12.0. The maximum Gasteiger partial charge on any atom is 0.248 e. The van der Waals surface area contributed by atoms with E-state index in [1.807, 2.05) is 18.2 Å². The Morgan fingerprint density at radius 3 is 2.70 bits per heavy atom. The molecule has 12 nitrogen and oxygen atoms in total. The van der Waals surface area contributed by atoms with E-state index in [0.717, 1.165) is 53.8 Å². The van der Waals surface area contributed by atoms with Crippen molar-refractivity contribution >= 4 is 22.2 Å². The van der Waals surface area contributed by atoms with Gasteiger partial charge in [0.25, 0.3) is 0 Å². The fourth-order valence-corrected chi connectivity index (χ4v) is 4.83. The molecule has 1 fully saturated rings. The average molecular weight is 527 g/mol. The van der Waals surface area contributed by atoms with Crippen LogP contribution in [-0.4, -0.2) is 83.3 Å². The van der Waals surface area contributed by atoms with Crippen molar-refractivity contribution in [1.29, 1.82) is 0 Å². The number of ether oxygens (including phenoxy) is 1. The molecular formula is C24H30N8O4S. The fraction of sp³-hybridized carbons (Fsp3) is 0.417. The number of aromatic nitrogens is 5. The highest BCUT2D eigenvalue weighted by Gasteiger charge is 2.22. The second-order valence-corrected chi connectivity index (χ2v) is 10.0. The van der Waals surface area contributed by atoms with Gasteiger partial charge in [-0.25, -0.2) is 13.9 Å². The summed E-state index contributed by atoms with van der Waals surface area (Å²) in [5, 5.41) is 16.8. The van der Waals surface area contributed by atoms with Gasteiger partial charge in [-0.15, -0.1) is 10.2 Å². The molecule has 5 rings (SSSR count). The maximum atomic E-state index is 11.1. The summed E-state index contributed by atoms with van der Waals surface area (Å²) in [6.45, 7) is 9.15. The highest BCUT2D eigenvalue weighted by atomic mass is 32.2. The zero-order valence-corrected chi connectivity index (χ0v) is 21.8. The Morgan fingerprint density at radius 1 is 1.16 bits per heavy atom. The summed E-state index contributed by atoms with van der Waals surface area (Å²) >= 11 is -2.15. The van der Waals surface area contributed by atoms with Gasteiger partial charge in [0.2, 0.25) is 28.9 Å². The third-order valence-electron chi connectivity index (χ3n) is 6.59. The molecule has 1 saturated heterocycles. The second kappa shape index (κ2) is 11.0. The van der Waals surface area contributed by atoms with Crippen LogP contribution in [0.2, 0.25) is 0 Å². The molecule has 4 heterocycles. The second-order valence-electron chi connectivity index (χ2n) is 9.22. The zero-order valence-electron chi connectivity index (χ0n) is 21.0. The predicted molar refractivity (Wildman–Crippen MR) is 139 cm³/mol. The molecule has 0 aliphatic carbocycles. The summed E-state index contributed by atoms with van der Waals surface area (Å²) in [6.07, 6.45) is 3.43. The van der Waals surface area contributed by atoms with Crippen LogP contribution in [0, 0.1) is 0 Å². The SMILES string of the molecule is COc1ncc(-c2cc(-c3nnc(CN4CCN(C(C)C)CC4)o3)c3cn[nH]c3c2)cc1CNS(=O)O. The lowest BCUT2D eigenvalue weighted by atomic mass is 10.0. The monoisotopic (exact) mass is 526 g/mol. The van der Waals surface area contributed by atoms with Crippen molar-refractivity contribution in [3.63, 3.8) is 0 Å². The fourth-order valence-electron chi connectivity index (χ4n) is 4.56. The standard InChI is InChI=1S/C24H30N8O4S/c1-15(2)32-6-4-31(5-7-32)14-22-29-30-24(36-22)19-9-16(10-21-20(19)13-26-28-21)17-8-18(12-27-37(33)34)23(35-3)25-11-17/h8-11,13,15,27H,4-7,12,14H2,1-3H3,(H,26,28)(H,33,34). The summed E-state index contributed by atoms with van der Waals surface area (Å²) in [7, 11) is 1.51. The number of hydrogen-bond acceptors (Lipinski definition) is 9. The summed E-state index contributed by atoms with van der Waals surface area (Å²) in [5.41, 5.74) is 3.85.